The molecule has 15 heavy (non-hydrogen) atoms. The van der Waals surface area contributed by atoms with Gasteiger partial charge < -0.3 is 5.11 Å². The normalized spacial score (nSPS) is 12.7. The molecule has 2 aromatic rings. The topological polar surface area (TPSA) is 33.1 Å². The molecule has 0 saturated heterocycles. The summed E-state index contributed by atoms with van der Waals surface area (Å²) in [6.45, 7) is 2.01. The zero-order valence-corrected chi connectivity index (χ0v) is 9.72. The summed E-state index contributed by atoms with van der Waals surface area (Å²) in [5, 5.41) is 10.6. The van der Waals surface area contributed by atoms with Gasteiger partial charge in [-0.2, -0.15) is 0 Å². The van der Waals surface area contributed by atoms with E-state index in [-0.39, 0.29) is 0 Å². The molecule has 0 aliphatic rings. The van der Waals surface area contributed by atoms with Gasteiger partial charge in [0, 0.05) is 0 Å². The molecule has 78 valence electrons. The first-order valence-electron chi connectivity index (χ1n) is 4.52. The van der Waals surface area contributed by atoms with Crippen LogP contribution in [0, 0.1) is 6.92 Å². The highest BCUT2D eigenvalue weighted by atomic mass is 35.5. The molecule has 2 rings (SSSR count). The zero-order valence-electron chi connectivity index (χ0n) is 8.14. The third kappa shape index (κ3) is 2.37. The molecule has 1 unspecified atom stereocenters. The van der Waals surface area contributed by atoms with Gasteiger partial charge in [0.05, 0.1) is 6.20 Å². The van der Waals surface area contributed by atoms with Crippen molar-refractivity contribution in [2.75, 3.05) is 0 Å². The van der Waals surface area contributed by atoms with Crippen LogP contribution < -0.4 is 0 Å². The van der Waals surface area contributed by atoms with E-state index in [0.717, 1.165) is 5.56 Å². The number of hydrogen-bond donors (Lipinski definition) is 1. The zero-order chi connectivity index (χ0) is 10.8. The Morgan fingerprint density at radius 3 is 2.53 bits per heavy atom. The Labute approximate surface area is 97.2 Å². The van der Waals surface area contributed by atoms with Crippen molar-refractivity contribution < 1.29 is 5.11 Å². The van der Waals surface area contributed by atoms with Crippen LogP contribution in [-0.2, 0) is 0 Å². The van der Waals surface area contributed by atoms with Crippen LogP contribution in [0.25, 0.3) is 0 Å². The Morgan fingerprint density at radius 2 is 2.00 bits per heavy atom. The van der Waals surface area contributed by atoms with E-state index in [0.29, 0.717) is 9.34 Å². The van der Waals surface area contributed by atoms with Gasteiger partial charge in [-0.15, -0.1) is 11.3 Å². The first-order chi connectivity index (χ1) is 7.16. The molecule has 0 amide bonds. The maximum atomic E-state index is 9.99. The maximum Gasteiger partial charge on any atom is 0.131 e. The van der Waals surface area contributed by atoms with Gasteiger partial charge in [0.2, 0.25) is 0 Å². The number of nitrogens with zero attached hydrogens (tertiary/aromatic N) is 1. The molecule has 4 heteroatoms. The SMILES string of the molecule is Cc1ccc(C(O)c2ncc(Cl)s2)cc1. The van der Waals surface area contributed by atoms with Crippen LogP contribution in [0.5, 0.6) is 0 Å². The Balaban J connectivity index is 2.28. The number of aromatic nitrogens is 1. The van der Waals surface area contributed by atoms with Gasteiger partial charge in [-0.3, -0.25) is 0 Å². The summed E-state index contributed by atoms with van der Waals surface area (Å²) in [5.41, 5.74) is 2.01. The smallest absolute Gasteiger partial charge is 0.131 e. The van der Waals surface area contributed by atoms with Crippen molar-refractivity contribution in [3.8, 4) is 0 Å². The Bertz CT molecular complexity index is 452. The summed E-state index contributed by atoms with van der Waals surface area (Å²) in [6.07, 6.45) is 0.877. The molecule has 0 radical (unpaired) electrons. The molecule has 0 bridgehead atoms. The molecule has 0 aliphatic heterocycles. The van der Waals surface area contributed by atoms with Gasteiger partial charge in [-0.1, -0.05) is 41.4 Å². The summed E-state index contributed by atoms with van der Waals surface area (Å²) < 4.78 is 0.594. The second-order valence-corrected chi connectivity index (χ2v) is 5.01. The average Bonchev–Trinajstić information content (AvgIpc) is 2.65. The van der Waals surface area contributed by atoms with Crippen molar-refractivity contribution in [3.05, 3.63) is 50.9 Å². The number of thiazole rings is 1. The lowest BCUT2D eigenvalue weighted by Gasteiger charge is -2.07. The van der Waals surface area contributed by atoms with Crippen molar-refractivity contribution in [1.82, 2.24) is 4.98 Å². The monoisotopic (exact) mass is 239 g/mol. The van der Waals surface area contributed by atoms with Crippen LogP contribution in [-0.4, -0.2) is 10.1 Å². The fraction of sp³-hybridized carbons (Fsp3) is 0.182. The quantitative estimate of drug-likeness (QED) is 0.873. The Kier molecular flexibility index (Phi) is 3.05. The standard InChI is InChI=1S/C11H10ClNOS/c1-7-2-4-8(5-3-7)10(14)11-13-6-9(12)15-11/h2-6,10,14H,1H3. The number of hydrogen-bond acceptors (Lipinski definition) is 3. The summed E-state index contributed by atoms with van der Waals surface area (Å²) in [6, 6.07) is 7.73. The molecule has 1 atom stereocenters. The van der Waals surface area contributed by atoms with Gasteiger partial charge in [-0.25, -0.2) is 4.98 Å². The molecule has 0 aliphatic carbocycles. The molecule has 1 heterocycles. The first kappa shape index (κ1) is 10.6. The lowest BCUT2D eigenvalue weighted by molar-refractivity contribution is 0.220. The first-order valence-corrected chi connectivity index (χ1v) is 5.72. The van der Waals surface area contributed by atoms with Gasteiger partial charge in [0.25, 0.3) is 0 Å². The highest BCUT2D eigenvalue weighted by Gasteiger charge is 2.13. The third-order valence-electron chi connectivity index (χ3n) is 2.12. The molecule has 0 fully saturated rings. The number of aliphatic hydroxyl groups is 1. The fourth-order valence-electron chi connectivity index (χ4n) is 1.28. The van der Waals surface area contributed by atoms with Crippen molar-refractivity contribution in [1.29, 1.82) is 0 Å². The highest BCUT2D eigenvalue weighted by molar-refractivity contribution is 7.15. The van der Waals surface area contributed by atoms with Crippen molar-refractivity contribution in [2.24, 2.45) is 0 Å². The van der Waals surface area contributed by atoms with E-state index < -0.39 is 6.10 Å². The lowest BCUT2D eigenvalue weighted by atomic mass is 10.1. The maximum absolute atomic E-state index is 9.99. The van der Waals surface area contributed by atoms with Crippen LogP contribution in [0.1, 0.15) is 22.2 Å². The Morgan fingerprint density at radius 1 is 1.33 bits per heavy atom. The van der Waals surface area contributed by atoms with E-state index >= 15 is 0 Å². The number of aryl methyl sites for hydroxylation is 1. The van der Waals surface area contributed by atoms with Crippen LogP contribution in [0.4, 0.5) is 0 Å². The lowest BCUT2D eigenvalue weighted by Crippen LogP contribution is -1.98. The van der Waals surface area contributed by atoms with Crippen LogP contribution in [0.3, 0.4) is 0 Å². The fourth-order valence-corrected chi connectivity index (χ4v) is 2.23. The number of halogens is 1. The van der Waals surface area contributed by atoms with Crippen molar-refractivity contribution >= 4 is 22.9 Å². The van der Waals surface area contributed by atoms with E-state index in [1.54, 1.807) is 6.20 Å². The summed E-state index contributed by atoms with van der Waals surface area (Å²) in [5.74, 6) is 0. The van der Waals surface area contributed by atoms with E-state index in [4.69, 9.17) is 11.6 Å². The van der Waals surface area contributed by atoms with Crippen LogP contribution >= 0.6 is 22.9 Å². The largest absolute Gasteiger partial charge is 0.381 e. The average molecular weight is 240 g/mol. The van der Waals surface area contributed by atoms with E-state index in [1.807, 2.05) is 31.2 Å². The van der Waals surface area contributed by atoms with E-state index in [9.17, 15) is 5.11 Å². The summed E-state index contributed by atoms with van der Waals surface area (Å²) in [4.78, 5) is 4.05. The molecular formula is C11H10ClNOS. The highest BCUT2D eigenvalue weighted by Crippen LogP contribution is 2.28. The summed E-state index contributed by atoms with van der Waals surface area (Å²) >= 11 is 7.06. The van der Waals surface area contributed by atoms with Gasteiger partial charge in [0.15, 0.2) is 0 Å². The van der Waals surface area contributed by atoms with Gasteiger partial charge >= 0.3 is 0 Å². The molecule has 0 saturated carbocycles. The number of aliphatic hydroxyl groups excluding tert-OH is 1. The molecule has 2 nitrogen and oxygen atoms in total. The summed E-state index contributed by atoms with van der Waals surface area (Å²) in [7, 11) is 0. The van der Waals surface area contributed by atoms with Crippen molar-refractivity contribution in [2.45, 2.75) is 13.0 Å². The molecular weight excluding hydrogens is 230 g/mol. The van der Waals surface area contributed by atoms with Crippen molar-refractivity contribution in [3.63, 3.8) is 0 Å². The van der Waals surface area contributed by atoms with Crippen LogP contribution in [0.15, 0.2) is 30.5 Å². The van der Waals surface area contributed by atoms with Gasteiger partial charge in [0.1, 0.15) is 15.4 Å². The van der Waals surface area contributed by atoms with E-state index in [1.165, 1.54) is 16.9 Å². The second-order valence-electron chi connectivity index (χ2n) is 3.32. The number of rotatable bonds is 2. The Hall–Kier alpha value is -0.900. The molecule has 1 aromatic heterocycles. The minimum absolute atomic E-state index is 0.594. The minimum Gasteiger partial charge on any atom is -0.381 e. The second kappa shape index (κ2) is 4.31. The predicted molar refractivity (Wildman–Crippen MR) is 62.4 cm³/mol. The molecule has 1 aromatic carbocycles. The molecule has 1 N–H and O–H groups in total. The third-order valence-corrected chi connectivity index (χ3v) is 3.29. The van der Waals surface area contributed by atoms with Crippen LogP contribution in [0.2, 0.25) is 4.34 Å². The predicted octanol–water partition coefficient (Wildman–Crippen LogP) is 3.19. The minimum atomic E-state index is -0.678. The number of benzene rings is 1. The molecule has 0 spiro atoms. The van der Waals surface area contributed by atoms with E-state index in [2.05, 4.69) is 4.98 Å². The van der Waals surface area contributed by atoms with Gasteiger partial charge in [-0.05, 0) is 12.5 Å².